The Morgan fingerprint density at radius 2 is 1.81 bits per heavy atom. The zero-order valence-electron chi connectivity index (χ0n) is 27.9. The molecule has 1 aliphatic rings. The molecule has 0 spiro atoms. The zero-order valence-corrected chi connectivity index (χ0v) is 29.7. The zero-order chi connectivity index (χ0) is 32.4. The predicted octanol–water partition coefficient (Wildman–Crippen LogP) is 6.71. The van der Waals surface area contributed by atoms with Crippen molar-refractivity contribution in [2.45, 2.75) is 109 Å². The van der Waals surface area contributed by atoms with Crippen molar-refractivity contribution in [1.29, 1.82) is 0 Å². The molecule has 43 heavy (non-hydrogen) atoms. The van der Waals surface area contributed by atoms with Crippen molar-refractivity contribution in [3.63, 3.8) is 0 Å². The maximum absolute atomic E-state index is 13.1. The van der Waals surface area contributed by atoms with Crippen LogP contribution in [-0.4, -0.2) is 78.4 Å². The van der Waals surface area contributed by atoms with Gasteiger partial charge in [0.2, 0.25) is 0 Å². The highest BCUT2D eigenvalue weighted by molar-refractivity contribution is 7.98. The average molecular weight is 632 g/mol. The van der Waals surface area contributed by atoms with Gasteiger partial charge in [-0.3, -0.25) is 4.79 Å². The fraction of sp³-hybridized carbons (Fsp3) is 0.645. The lowest BCUT2D eigenvalue weighted by Crippen LogP contribution is -2.50. The molecule has 0 bridgehead atoms. The lowest BCUT2D eigenvalue weighted by molar-refractivity contribution is -0.143. The Morgan fingerprint density at radius 1 is 1.14 bits per heavy atom. The molecule has 2 aromatic rings. The molecule has 3 rings (SSSR count). The first-order valence-electron chi connectivity index (χ1n) is 14.7. The molecule has 2 aromatic heterocycles. The fourth-order valence-corrected chi connectivity index (χ4v) is 6.10. The summed E-state index contributed by atoms with van der Waals surface area (Å²) < 4.78 is 17.8. The van der Waals surface area contributed by atoms with E-state index in [4.69, 9.17) is 23.9 Å². The molecule has 0 aromatic carbocycles. The van der Waals surface area contributed by atoms with Gasteiger partial charge in [-0.15, -0.1) is 0 Å². The highest BCUT2D eigenvalue weighted by Crippen LogP contribution is 2.50. The van der Waals surface area contributed by atoms with Crippen molar-refractivity contribution >= 4 is 43.8 Å². The van der Waals surface area contributed by atoms with Crippen LogP contribution in [0.5, 0.6) is 0 Å². The summed E-state index contributed by atoms with van der Waals surface area (Å²) in [4.78, 5) is 43.8. The third-order valence-electron chi connectivity index (χ3n) is 8.17. The van der Waals surface area contributed by atoms with Crippen molar-refractivity contribution in [1.82, 2.24) is 19.9 Å². The number of hydrogen-bond acceptors (Lipinski definition) is 10. The van der Waals surface area contributed by atoms with Crippen molar-refractivity contribution in [2.24, 2.45) is 0 Å². The largest absolute Gasteiger partial charge is 0.466 e. The van der Waals surface area contributed by atoms with Crippen LogP contribution in [0.1, 0.15) is 73.1 Å². The van der Waals surface area contributed by atoms with Gasteiger partial charge in [0, 0.05) is 30.8 Å². The molecule has 0 N–H and O–H groups in total. The molecule has 2 unspecified atom stereocenters. The molecular weight excluding hydrogens is 583 g/mol. The minimum absolute atomic E-state index is 0.0103. The first-order valence-corrected chi connectivity index (χ1v) is 18.9. The van der Waals surface area contributed by atoms with Crippen LogP contribution in [0.3, 0.4) is 0 Å². The van der Waals surface area contributed by atoms with E-state index in [1.165, 1.54) is 16.7 Å². The van der Waals surface area contributed by atoms with Crippen LogP contribution in [0.2, 0.25) is 18.1 Å². The van der Waals surface area contributed by atoms with Crippen LogP contribution >= 0.6 is 11.8 Å². The molecule has 10 nitrogen and oxygen atoms in total. The van der Waals surface area contributed by atoms with Crippen LogP contribution in [0.4, 0.5) is 16.4 Å². The molecule has 0 saturated carbocycles. The molecule has 2 atom stereocenters. The molecule has 0 aliphatic carbocycles. The van der Waals surface area contributed by atoms with Gasteiger partial charge in [-0.2, -0.15) is 0 Å². The van der Waals surface area contributed by atoms with Gasteiger partial charge >= 0.3 is 12.1 Å². The number of thioether (sulfide) groups is 1. The topological polar surface area (TPSA) is 107 Å². The number of nitrogens with zero attached hydrogens (tertiary/aromatic N) is 5. The quantitative estimate of drug-likeness (QED) is 0.121. The number of esters is 1. The highest BCUT2D eigenvalue weighted by atomic mass is 32.2. The van der Waals surface area contributed by atoms with Gasteiger partial charge in [0.25, 0.3) is 0 Å². The summed E-state index contributed by atoms with van der Waals surface area (Å²) in [6.45, 7) is 21.4. The van der Waals surface area contributed by atoms with Crippen LogP contribution in [-0.2, 0) is 30.7 Å². The number of hydrogen-bond donors (Lipinski definition) is 0. The van der Waals surface area contributed by atoms with Gasteiger partial charge in [-0.25, -0.2) is 19.7 Å². The number of aromatic nitrogens is 3. The second-order valence-electron chi connectivity index (χ2n) is 13.8. The Labute approximate surface area is 262 Å². The molecule has 0 fully saturated rings. The Morgan fingerprint density at radius 3 is 2.40 bits per heavy atom. The van der Waals surface area contributed by atoms with Gasteiger partial charge in [-0.1, -0.05) is 45.5 Å². The van der Waals surface area contributed by atoms with E-state index in [1.807, 2.05) is 56.3 Å². The van der Waals surface area contributed by atoms with Crippen molar-refractivity contribution in [2.75, 3.05) is 31.4 Å². The minimum Gasteiger partial charge on any atom is -0.466 e. The van der Waals surface area contributed by atoms with E-state index in [0.29, 0.717) is 29.1 Å². The fourth-order valence-electron chi connectivity index (χ4n) is 4.67. The summed E-state index contributed by atoms with van der Waals surface area (Å²) >= 11 is 1.45. The van der Waals surface area contributed by atoms with Gasteiger partial charge < -0.3 is 23.7 Å². The van der Waals surface area contributed by atoms with E-state index in [1.54, 1.807) is 14.0 Å². The molecular formula is C31H49N5O5SSi. The SMILES string of the molecule is CCOC(=O)CC1N(c2cccc(CN(C)C(=O)OC(C)(C)C)n2)c2nc(SC)ncc2C1(C)CO[Si](C)(C)C(C)(C)C. The Balaban J connectivity index is 2.10. The second kappa shape index (κ2) is 13.1. The molecule has 1 amide bonds. The predicted molar refractivity (Wildman–Crippen MR) is 173 cm³/mol. The van der Waals surface area contributed by atoms with Crippen LogP contribution in [0.25, 0.3) is 0 Å². The standard InChI is InChI=1S/C31H49N5O5SSi/c1-13-39-25(37)17-23-31(8,20-40-43(11,12)30(5,6)7)22-18-32-27(42-10)34-26(22)36(23)24-16-14-15-21(33-24)19-35(9)28(38)41-29(2,3)4/h14-16,18,23H,13,17,19-20H2,1-12H3. The third kappa shape index (κ3) is 8.07. The van der Waals surface area contributed by atoms with Gasteiger partial charge in [0.1, 0.15) is 17.2 Å². The van der Waals surface area contributed by atoms with Crippen LogP contribution < -0.4 is 4.90 Å². The van der Waals surface area contributed by atoms with E-state index in [9.17, 15) is 9.59 Å². The molecule has 238 valence electrons. The second-order valence-corrected chi connectivity index (χ2v) is 19.4. The number of fused-ring (bicyclic) bond motifs is 1. The maximum Gasteiger partial charge on any atom is 0.410 e. The third-order valence-corrected chi connectivity index (χ3v) is 13.2. The molecule has 1 aliphatic heterocycles. The minimum atomic E-state index is -2.14. The smallest absolute Gasteiger partial charge is 0.410 e. The Kier molecular flexibility index (Phi) is 10.6. The van der Waals surface area contributed by atoms with Crippen molar-refractivity contribution < 1.29 is 23.5 Å². The van der Waals surface area contributed by atoms with E-state index in [2.05, 4.69) is 45.8 Å². The summed E-state index contributed by atoms with van der Waals surface area (Å²) in [5.41, 5.74) is 0.328. The number of carbonyl (C=O) groups excluding carboxylic acids is 2. The van der Waals surface area contributed by atoms with Crippen LogP contribution in [0.15, 0.2) is 29.6 Å². The van der Waals surface area contributed by atoms with E-state index in [0.717, 1.165) is 5.56 Å². The van der Waals surface area contributed by atoms with Crippen molar-refractivity contribution in [3.05, 3.63) is 35.7 Å². The first kappa shape index (κ1) is 34.8. The number of carbonyl (C=O) groups is 2. The lowest BCUT2D eigenvalue weighted by Gasteiger charge is -2.41. The van der Waals surface area contributed by atoms with Crippen molar-refractivity contribution in [3.8, 4) is 0 Å². The van der Waals surface area contributed by atoms with E-state index < -0.39 is 31.5 Å². The Bertz CT molecular complexity index is 1310. The molecule has 3 heterocycles. The maximum atomic E-state index is 13.1. The highest BCUT2D eigenvalue weighted by Gasteiger charge is 2.53. The first-order chi connectivity index (χ1) is 19.8. The lowest BCUT2D eigenvalue weighted by atomic mass is 9.79. The van der Waals surface area contributed by atoms with Crippen LogP contribution in [0, 0.1) is 0 Å². The Hall–Kier alpha value is -2.70. The number of anilines is 2. The van der Waals surface area contributed by atoms with E-state index in [-0.39, 0.29) is 30.6 Å². The monoisotopic (exact) mass is 631 g/mol. The summed E-state index contributed by atoms with van der Waals surface area (Å²) in [5, 5.41) is 0.630. The number of ether oxygens (including phenoxy) is 2. The average Bonchev–Trinajstić information content (AvgIpc) is 3.13. The number of pyridine rings is 1. The number of amides is 1. The molecule has 0 radical (unpaired) electrons. The molecule has 12 heteroatoms. The molecule has 0 saturated heterocycles. The van der Waals surface area contributed by atoms with E-state index >= 15 is 0 Å². The normalized spacial score (nSPS) is 18.8. The summed E-state index contributed by atoms with van der Waals surface area (Å²) in [6, 6.07) is 5.28. The summed E-state index contributed by atoms with van der Waals surface area (Å²) in [6.07, 6.45) is 3.47. The van der Waals surface area contributed by atoms with Gasteiger partial charge in [-0.05, 0) is 64.2 Å². The number of rotatable bonds is 10. The summed E-state index contributed by atoms with van der Waals surface area (Å²) in [7, 11) is -0.460. The van der Waals surface area contributed by atoms with Gasteiger partial charge in [0.15, 0.2) is 13.5 Å². The van der Waals surface area contributed by atoms with Gasteiger partial charge in [0.05, 0.1) is 31.3 Å². The summed E-state index contributed by atoms with van der Waals surface area (Å²) in [5.74, 6) is 1.01.